The van der Waals surface area contributed by atoms with Crippen molar-refractivity contribution in [2.45, 2.75) is 38.4 Å². The lowest BCUT2D eigenvalue weighted by Crippen LogP contribution is -2.43. The number of nitrogens with zero attached hydrogens (tertiary/aromatic N) is 3. The molecule has 0 atom stereocenters. The van der Waals surface area contributed by atoms with E-state index in [1.54, 1.807) is 6.20 Å². The summed E-state index contributed by atoms with van der Waals surface area (Å²) in [6, 6.07) is 7.92. The highest BCUT2D eigenvalue weighted by molar-refractivity contribution is 6.35. The number of carbonyl (C=O) groups is 1. The number of aromatic nitrogens is 2. The molecule has 3 aromatic rings. The van der Waals surface area contributed by atoms with Crippen LogP contribution in [-0.4, -0.2) is 27.0 Å². The Morgan fingerprint density at radius 1 is 1.35 bits per heavy atom. The topological polar surface area (TPSA) is 63.3 Å². The molecule has 1 N–H and O–H groups in total. The lowest BCUT2D eigenvalue weighted by molar-refractivity contribution is 0.183. The number of amides is 2. The van der Waals surface area contributed by atoms with Crippen LogP contribution in [0.3, 0.4) is 0 Å². The molecule has 2 amide bonds. The van der Waals surface area contributed by atoms with Gasteiger partial charge >= 0.3 is 6.03 Å². The number of fused-ring (bicyclic) bond motifs is 3. The van der Waals surface area contributed by atoms with E-state index in [0.29, 0.717) is 31.3 Å². The Morgan fingerprint density at radius 3 is 3.08 bits per heavy atom. The van der Waals surface area contributed by atoms with E-state index in [9.17, 15) is 4.79 Å². The number of halogens is 1. The van der Waals surface area contributed by atoms with E-state index < -0.39 is 0 Å². The maximum atomic E-state index is 12.5. The van der Waals surface area contributed by atoms with Gasteiger partial charge in [-0.15, -0.1) is 0 Å². The Labute approximate surface area is 155 Å². The Balaban J connectivity index is 1.26. The van der Waals surface area contributed by atoms with E-state index in [0.717, 1.165) is 46.9 Å². The Hall–Kier alpha value is -2.47. The lowest BCUT2D eigenvalue weighted by Gasteiger charge is -2.29. The van der Waals surface area contributed by atoms with Crippen LogP contribution in [0.25, 0.3) is 10.9 Å². The average Bonchev–Trinajstić information content (AvgIpc) is 3.27. The molecule has 0 unspecified atom stereocenters. The summed E-state index contributed by atoms with van der Waals surface area (Å²) in [7, 11) is 0. The molecule has 5 rings (SSSR count). The van der Waals surface area contributed by atoms with Gasteiger partial charge in [-0.05, 0) is 31.0 Å². The quantitative estimate of drug-likeness (QED) is 0.760. The summed E-state index contributed by atoms with van der Waals surface area (Å²) < 4.78 is 7.93. The molecular weight excluding hydrogens is 352 g/mol. The van der Waals surface area contributed by atoms with Crippen molar-refractivity contribution in [3.63, 3.8) is 0 Å². The van der Waals surface area contributed by atoms with Gasteiger partial charge in [0.15, 0.2) is 5.89 Å². The molecule has 1 aromatic carbocycles. The third-order valence-corrected chi connectivity index (χ3v) is 5.45. The highest BCUT2D eigenvalue weighted by Crippen LogP contribution is 2.39. The van der Waals surface area contributed by atoms with Gasteiger partial charge in [0.2, 0.25) is 0 Å². The second kappa shape index (κ2) is 6.06. The monoisotopic (exact) mass is 370 g/mol. The molecule has 0 saturated heterocycles. The highest BCUT2D eigenvalue weighted by Gasteiger charge is 2.28. The van der Waals surface area contributed by atoms with Crippen LogP contribution in [0.1, 0.15) is 36.1 Å². The maximum Gasteiger partial charge on any atom is 0.318 e. The standard InChI is InChI=1S/C19H19ClN4O2/c20-16-2-1-3-17-15(16)8-13-11-23(6-7-24(13)17)19(25)22-10-14-9-21-18(26-14)12-4-5-12/h1-3,8-9,12H,4-7,10-11H2,(H,22,25). The number of hydrogen-bond acceptors (Lipinski definition) is 3. The zero-order valence-electron chi connectivity index (χ0n) is 14.2. The van der Waals surface area contributed by atoms with E-state index in [4.69, 9.17) is 16.0 Å². The Morgan fingerprint density at radius 2 is 2.23 bits per heavy atom. The number of hydrogen-bond donors (Lipinski definition) is 1. The molecule has 2 aromatic heterocycles. The van der Waals surface area contributed by atoms with Gasteiger partial charge in [0.25, 0.3) is 0 Å². The van der Waals surface area contributed by atoms with E-state index in [1.165, 1.54) is 0 Å². The molecule has 0 bridgehead atoms. The van der Waals surface area contributed by atoms with Gasteiger partial charge in [-0.3, -0.25) is 0 Å². The molecule has 2 aliphatic rings. The fraction of sp³-hybridized carbons (Fsp3) is 0.368. The van der Waals surface area contributed by atoms with Crippen molar-refractivity contribution in [1.82, 2.24) is 19.8 Å². The van der Waals surface area contributed by atoms with Crippen LogP contribution in [0.15, 0.2) is 34.9 Å². The molecule has 0 spiro atoms. The molecule has 1 saturated carbocycles. The zero-order valence-corrected chi connectivity index (χ0v) is 15.0. The first-order valence-electron chi connectivity index (χ1n) is 8.93. The highest BCUT2D eigenvalue weighted by atomic mass is 35.5. The second-order valence-electron chi connectivity index (χ2n) is 6.98. The summed E-state index contributed by atoms with van der Waals surface area (Å²) in [6.45, 7) is 2.37. The largest absolute Gasteiger partial charge is 0.444 e. The van der Waals surface area contributed by atoms with Crippen LogP contribution in [0.5, 0.6) is 0 Å². The molecule has 3 heterocycles. The van der Waals surface area contributed by atoms with Gasteiger partial charge in [-0.2, -0.15) is 0 Å². The molecule has 1 aliphatic carbocycles. The minimum absolute atomic E-state index is 0.0861. The lowest BCUT2D eigenvalue weighted by atomic mass is 10.2. The van der Waals surface area contributed by atoms with Crippen LogP contribution in [0.4, 0.5) is 4.79 Å². The van der Waals surface area contributed by atoms with Crippen LogP contribution in [0, 0.1) is 0 Å². The summed E-state index contributed by atoms with van der Waals surface area (Å²) in [4.78, 5) is 18.6. The van der Waals surface area contributed by atoms with Gasteiger partial charge < -0.3 is 19.2 Å². The summed E-state index contributed by atoms with van der Waals surface area (Å²) in [5.41, 5.74) is 2.23. The van der Waals surface area contributed by atoms with Crippen molar-refractivity contribution in [1.29, 1.82) is 0 Å². The van der Waals surface area contributed by atoms with Crippen molar-refractivity contribution in [2.75, 3.05) is 6.54 Å². The summed E-state index contributed by atoms with van der Waals surface area (Å²) in [5, 5.41) is 4.72. The zero-order chi connectivity index (χ0) is 17.7. The number of oxazole rings is 1. The first-order valence-corrected chi connectivity index (χ1v) is 9.31. The predicted molar refractivity (Wildman–Crippen MR) is 98.1 cm³/mol. The normalized spacial score (nSPS) is 16.7. The van der Waals surface area contributed by atoms with Gasteiger partial charge in [0, 0.05) is 40.6 Å². The number of carbonyl (C=O) groups excluding carboxylic acids is 1. The summed E-state index contributed by atoms with van der Waals surface area (Å²) in [6.07, 6.45) is 4.01. The van der Waals surface area contributed by atoms with E-state index in [-0.39, 0.29) is 6.03 Å². The van der Waals surface area contributed by atoms with Crippen molar-refractivity contribution in [3.05, 3.63) is 52.8 Å². The number of rotatable bonds is 3. The van der Waals surface area contributed by atoms with Crippen LogP contribution < -0.4 is 5.32 Å². The second-order valence-corrected chi connectivity index (χ2v) is 7.39. The van der Waals surface area contributed by atoms with Crippen LogP contribution in [0.2, 0.25) is 5.02 Å². The minimum atomic E-state index is -0.0861. The number of nitrogens with one attached hydrogen (secondary N) is 1. The fourth-order valence-electron chi connectivity index (χ4n) is 3.56. The molecule has 1 aliphatic heterocycles. The molecule has 26 heavy (non-hydrogen) atoms. The molecule has 1 fully saturated rings. The SMILES string of the molecule is O=C(NCc1cnc(C2CC2)o1)N1CCn2c(cc3c(Cl)cccc32)C1. The molecule has 7 heteroatoms. The van der Waals surface area contributed by atoms with Gasteiger partial charge in [-0.25, -0.2) is 9.78 Å². The van der Waals surface area contributed by atoms with E-state index in [2.05, 4.69) is 27.0 Å². The van der Waals surface area contributed by atoms with Crippen molar-refractivity contribution in [2.24, 2.45) is 0 Å². The third-order valence-electron chi connectivity index (χ3n) is 5.12. The first kappa shape index (κ1) is 15.8. The molecule has 0 radical (unpaired) electrons. The molecule has 6 nitrogen and oxygen atoms in total. The maximum absolute atomic E-state index is 12.5. The number of benzene rings is 1. The average molecular weight is 371 g/mol. The molecular formula is C19H19ClN4O2. The van der Waals surface area contributed by atoms with Crippen molar-refractivity contribution in [3.8, 4) is 0 Å². The van der Waals surface area contributed by atoms with E-state index in [1.807, 2.05) is 17.0 Å². The Kier molecular flexibility index (Phi) is 3.67. The fourth-order valence-corrected chi connectivity index (χ4v) is 3.79. The summed E-state index contributed by atoms with van der Waals surface area (Å²) >= 11 is 6.30. The van der Waals surface area contributed by atoms with Gasteiger partial charge in [0.1, 0.15) is 5.76 Å². The predicted octanol–water partition coefficient (Wildman–Crippen LogP) is 3.89. The third kappa shape index (κ3) is 2.74. The Bertz CT molecular complexity index is 989. The van der Waals surface area contributed by atoms with Crippen LogP contribution in [-0.2, 0) is 19.6 Å². The van der Waals surface area contributed by atoms with E-state index >= 15 is 0 Å². The number of urea groups is 1. The van der Waals surface area contributed by atoms with Crippen molar-refractivity contribution < 1.29 is 9.21 Å². The first-order chi connectivity index (χ1) is 12.7. The smallest absolute Gasteiger partial charge is 0.318 e. The van der Waals surface area contributed by atoms with Crippen LogP contribution >= 0.6 is 11.6 Å². The van der Waals surface area contributed by atoms with Crippen molar-refractivity contribution >= 4 is 28.5 Å². The molecule has 134 valence electrons. The summed E-state index contributed by atoms with van der Waals surface area (Å²) in [5.74, 6) is 1.99. The minimum Gasteiger partial charge on any atom is -0.444 e. The van der Waals surface area contributed by atoms with Gasteiger partial charge in [-0.1, -0.05) is 17.7 Å². The van der Waals surface area contributed by atoms with Gasteiger partial charge in [0.05, 0.1) is 19.3 Å².